The number of ether oxygens (including phenoxy) is 1. The molecule has 1 N–H and O–H groups in total. The summed E-state index contributed by atoms with van der Waals surface area (Å²) in [5.74, 6) is 1.19. The molecule has 0 amide bonds. The molecule has 3 rings (SSSR count). The molecular formula is C15H20ClN3O. The molecule has 20 heavy (non-hydrogen) atoms. The van der Waals surface area contributed by atoms with Crippen LogP contribution in [-0.2, 0) is 0 Å². The zero-order valence-corrected chi connectivity index (χ0v) is 12.7. The van der Waals surface area contributed by atoms with Crippen LogP contribution in [0.15, 0.2) is 23.3 Å². The van der Waals surface area contributed by atoms with Gasteiger partial charge in [-0.25, -0.2) is 0 Å². The normalized spacial score (nSPS) is 25.9. The molecule has 1 aromatic carbocycles. The second kappa shape index (κ2) is 5.62. The van der Waals surface area contributed by atoms with Crippen molar-refractivity contribution in [2.45, 2.75) is 19.4 Å². The number of likely N-dealkylation sites (tertiary alicyclic amines) is 1. The third-order valence-electron chi connectivity index (χ3n) is 4.05. The molecule has 2 unspecified atom stereocenters. The molecule has 1 fully saturated rings. The number of nitrogens with one attached hydrogen (secondary N) is 1. The van der Waals surface area contributed by atoms with Crippen molar-refractivity contribution >= 4 is 17.3 Å². The summed E-state index contributed by atoms with van der Waals surface area (Å²) in [6.07, 6.45) is 1.05. The van der Waals surface area contributed by atoms with E-state index in [9.17, 15) is 0 Å². The zero-order valence-electron chi connectivity index (χ0n) is 11.9. The van der Waals surface area contributed by atoms with Gasteiger partial charge in [0, 0.05) is 31.1 Å². The summed E-state index contributed by atoms with van der Waals surface area (Å²) in [4.78, 5) is 2.36. The maximum atomic E-state index is 6.29. The molecule has 1 aromatic rings. The van der Waals surface area contributed by atoms with Crippen molar-refractivity contribution in [2.75, 3.05) is 26.7 Å². The average Bonchev–Trinajstić information content (AvgIpc) is 2.84. The van der Waals surface area contributed by atoms with Crippen LogP contribution in [0, 0.1) is 5.92 Å². The molecule has 0 aromatic heterocycles. The Kier molecular flexibility index (Phi) is 3.85. The van der Waals surface area contributed by atoms with Crippen molar-refractivity contribution in [1.29, 1.82) is 0 Å². The Labute approximate surface area is 124 Å². The van der Waals surface area contributed by atoms with E-state index < -0.39 is 0 Å². The summed E-state index contributed by atoms with van der Waals surface area (Å²) in [6, 6.07) is 6.26. The van der Waals surface area contributed by atoms with Gasteiger partial charge in [0.1, 0.15) is 5.75 Å². The first-order valence-corrected chi connectivity index (χ1v) is 7.49. The van der Waals surface area contributed by atoms with Gasteiger partial charge in [-0.1, -0.05) is 17.7 Å². The molecule has 0 aliphatic carbocycles. The van der Waals surface area contributed by atoms with Crippen LogP contribution in [-0.4, -0.2) is 37.4 Å². The number of hydrogen-bond donors (Lipinski definition) is 1. The number of hydrogen-bond acceptors (Lipinski definition) is 4. The number of hydrazone groups is 1. The Morgan fingerprint density at radius 3 is 3.10 bits per heavy atom. The molecule has 2 heterocycles. The summed E-state index contributed by atoms with van der Waals surface area (Å²) in [6.45, 7) is 4.72. The van der Waals surface area contributed by atoms with Crippen molar-refractivity contribution in [3.05, 3.63) is 28.8 Å². The summed E-state index contributed by atoms with van der Waals surface area (Å²) in [5.41, 5.74) is 5.74. The van der Waals surface area contributed by atoms with Crippen LogP contribution >= 0.6 is 11.6 Å². The van der Waals surface area contributed by atoms with Crippen LogP contribution in [0.3, 0.4) is 0 Å². The Hall–Kier alpha value is -1.26. The predicted molar refractivity (Wildman–Crippen MR) is 81.5 cm³/mol. The standard InChI is InChI=1S/C15H20ClN3O/c1-3-20-14-5-4-10(8-12(14)16)15-11-9-19(2)7-6-13(11)17-18-15/h4-5,8,11,15,18H,3,6-7,9H2,1-2H3. The fraction of sp³-hybridized carbons (Fsp3) is 0.533. The van der Waals surface area contributed by atoms with E-state index in [0.29, 0.717) is 17.5 Å². The SMILES string of the molecule is CCOc1ccc(C2NN=C3CCN(C)CC32)cc1Cl. The minimum atomic E-state index is 0.223. The molecule has 0 saturated carbocycles. The fourth-order valence-electron chi connectivity index (χ4n) is 2.99. The highest BCUT2D eigenvalue weighted by Crippen LogP contribution is 2.35. The highest BCUT2D eigenvalue weighted by molar-refractivity contribution is 6.32. The van der Waals surface area contributed by atoms with E-state index in [1.165, 1.54) is 11.3 Å². The fourth-order valence-corrected chi connectivity index (χ4v) is 3.24. The first-order valence-electron chi connectivity index (χ1n) is 7.11. The lowest BCUT2D eigenvalue weighted by atomic mass is 9.86. The molecule has 4 nitrogen and oxygen atoms in total. The lowest BCUT2D eigenvalue weighted by Gasteiger charge is -2.31. The van der Waals surface area contributed by atoms with Gasteiger partial charge in [-0.15, -0.1) is 0 Å². The number of benzene rings is 1. The molecule has 2 aliphatic heterocycles. The Balaban J connectivity index is 1.81. The topological polar surface area (TPSA) is 36.9 Å². The lowest BCUT2D eigenvalue weighted by molar-refractivity contribution is 0.272. The van der Waals surface area contributed by atoms with Gasteiger partial charge in [-0.3, -0.25) is 0 Å². The minimum absolute atomic E-state index is 0.223. The highest BCUT2D eigenvalue weighted by atomic mass is 35.5. The third kappa shape index (κ3) is 2.50. The lowest BCUT2D eigenvalue weighted by Crippen LogP contribution is -2.39. The molecule has 0 radical (unpaired) electrons. The van der Waals surface area contributed by atoms with E-state index in [-0.39, 0.29) is 6.04 Å². The Bertz CT molecular complexity index is 532. The van der Waals surface area contributed by atoms with E-state index in [1.807, 2.05) is 19.1 Å². The summed E-state index contributed by atoms with van der Waals surface area (Å²) < 4.78 is 5.49. The molecule has 5 heteroatoms. The van der Waals surface area contributed by atoms with Gasteiger partial charge >= 0.3 is 0 Å². The van der Waals surface area contributed by atoms with Crippen molar-refractivity contribution < 1.29 is 4.74 Å². The van der Waals surface area contributed by atoms with Crippen LogP contribution in [0.5, 0.6) is 5.75 Å². The van der Waals surface area contributed by atoms with E-state index in [2.05, 4.69) is 28.5 Å². The number of rotatable bonds is 3. The Morgan fingerprint density at radius 2 is 2.35 bits per heavy atom. The van der Waals surface area contributed by atoms with Crippen LogP contribution in [0.1, 0.15) is 24.9 Å². The summed E-state index contributed by atoms with van der Waals surface area (Å²) >= 11 is 6.29. The zero-order chi connectivity index (χ0) is 14.1. The number of fused-ring (bicyclic) bond motifs is 1. The van der Waals surface area contributed by atoms with Gasteiger partial charge in [0.05, 0.1) is 17.7 Å². The molecule has 108 valence electrons. The van der Waals surface area contributed by atoms with Gasteiger partial charge in [0.15, 0.2) is 0 Å². The van der Waals surface area contributed by atoms with Crippen LogP contribution in [0.25, 0.3) is 0 Å². The largest absolute Gasteiger partial charge is 0.492 e. The average molecular weight is 294 g/mol. The molecular weight excluding hydrogens is 274 g/mol. The maximum Gasteiger partial charge on any atom is 0.137 e. The maximum absolute atomic E-state index is 6.29. The molecule has 0 spiro atoms. The Morgan fingerprint density at radius 1 is 1.50 bits per heavy atom. The monoisotopic (exact) mass is 293 g/mol. The van der Waals surface area contributed by atoms with E-state index in [1.54, 1.807) is 0 Å². The van der Waals surface area contributed by atoms with Crippen molar-refractivity contribution in [3.63, 3.8) is 0 Å². The highest BCUT2D eigenvalue weighted by Gasteiger charge is 2.36. The van der Waals surface area contributed by atoms with E-state index in [4.69, 9.17) is 16.3 Å². The smallest absolute Gasteiger partial charge is 0.137 e. The van der Waals surface area contributed by atoms with Gasteiger partial charge in [0.2, 0.25) is 0 Å². The quantitative estimate of drug-likeness (QED) is 0.931. The van der Waals surface area contributed by atoms with Gasteiger partial charge in [-0.05, 0) is 31.7 Å². The van der Waals surface area contributed by atoms with Gasteiger partial charge in [-0.2, -0.15) is 5.10 Å². The van der Waals surface area contributed by atoms with Crippen molar-refractivity contribution in [1.82, 2.24) is 10.3 Å². The minimum Gasteiger partial charge on any atom is -0.492 e. The second-order valence-electron chi connectivity index (χ2n) is 5.45. The van der Waals surface area contributed by atoms with E-state index in [0.717, 1.165) is 25.3 Å². The number of piperidine rings is 1. The van der Waals surface area contributed by atoms with Gasteiger partial charge < -0.3 is 15.1 Å². The molecule has 0 bridgehead atoms. The number of halogens is 1. The first-order chi connectivity index (χ1) is 9.69. The van der Waals surface area contributed by atoms with Crippen molar-refractivity contribution in [3.8, 4) is 5.75 Å². The molecule has 1 saturated heterocycles. The second-order valence-corrected chi connectivity index (χ2v) is 5.86. The van der Waals surface area contributed by atoms with E-state index >= 15 is 0 Å². The van der Waals surface area contributed by atoms with Gasteiger partial charge in [0.25, 0.3) is 0 Å². The third-order valence-corrected chi connectivity index (χ3v) is 4.35. The molecule has 2 atom stereocenters. The molecule has 2 aliphatic rings. The number of nitrogens with zero attached hydrogens (tertiary/aromatic N) is 2. The van der Waals surface area contributed by atoms with Crippen LogP contribution in [0.4, 0.5) is 0 Å². The summed E-state index contributed by atoms with van der Waals surface area (Å²) in [7, 11) is 2.16. The summed E-state index contributed by atoms with van der Waals surface area (Å²) in [5, 5.41) is 5.17. The predicted octanol–water partition coefficient (Wildman–Crippen LogP) is 2.69. The first kappa shape index (κ1) is 13.7. The van der Waals surface area contributed by atoms with Crippen molar-refractivity contribution in [2.24, 2.45) is 11.0 Å². The van der Waals surface area contributed by atoms with Crippen LogP contribution in [0.2, 0.25) is 5.02 Å². The van der Waals surface area contributed by atoms with Crippen LogP contribution < -0.4 is 10.2 Å².